The fourth-order valence-corrected chi connectivity index (χ4v) is 1.61. The van der Waals surface area contributed by atoms with Crippen LogP contribution in [0.25, 0.3) is 0 Å². The van der Waals surface area contributed by atoms with Gasteiger partial charge in [0.15, 0.2) is 0 Å². The number of aliphatic hydroxyl groups is 1. The molecule has 0 saturated carbocycles. The van der Waals surface area contributed by atoms with Crippen molar-refractivity contribution in [3.63, 3.8) is 0 Å². The molecule has 0 aliphatic rings. The highest BCUT2D eigenvalue weighted by atomic mass is 16.5. The fourth-order valence-electron chi connectivity index (χ4n) is 1.61. The molecule has 2 atom stereocenters. The van der Waals surface area contributed by atoms with Crippen LogP contribution < -0.4 is 5.32 Å². The topological polar surface area (TPSA) is 54.4 Å². The van der Waals surface area contributed by atoms with E-state index in [1.807, 2.05) is 12.1 Å². The summed E-state index contributed by atoms with van der Waals surface area (Å²) in [5, 5.41) is 13.0. The minimum atomic E-state index is -0.453. The first-order valence-corrected chi connectivity index (χ1v) is 6.63. The monoisotopic (exact) mass is 252 g/mol. The highest BCUT2D eigenvalue weighted by Crippen LogP contribution is 2.09. The molecule has 0 aliphatic carbocycles. The van der Waals surface area contributed by atoms with Crippen molar-refractivity contribution >= 4 is 0 Å². The summed E-state index contributed by atoms with van der Waals surface area (Å²) in [6.07, 6.45) is 5.27. The molecule has 1 rings (SSSR count). The first-order valence-electron chi connectivity index (χ1n) is 6.63. The molecule has 102 valence electrons. The summed E-state index contributed by atoms with van der Waals surface area (Å²) in [5.41, 5.74) is 1.17. The van der Waals surface area contributed by atoms with Crippen LogP contribution in [0.4, 0.5) is 0 Å². The molecular weight excluding hydrogens is 228 g/mol. The van der Waals surface area contributed by atoms with Gasteiger partial charge in [0.25, 0.3) is 0 Å². The zero-order valence-corrected chi connectivity index (χ0v) is 11.3. The summed E-state index contributed by atoms with van der Waals surface area (Å²) < 4.78 is 5.37. The van der Waals surface area contributed by atoms with Crippen LogP contribution in [-0.4, -0.2) is 36.0 Å². The molecule has 1 heterocycles. The van der Waals surface area contributed by atoms with E-state index in [1.54, 1.807) is 12.4 Å². The van der Waals surface area contributed by atoms with Crippen molar-refractivity contribution in [2.45, 2.75) is 38.8 Å². The Labute approximate surface area is 109 Å². The lowest BCUT2D eigenvalue weighted by Crippen LogP contribution is -2.32. The van der Waals surface area contributed by atoms with Crippen LogP contribution in [0.5, 0.6) is 0 Å². The number of nitrogens with one attached hydrogen (secondary N) is 1. The maximum Gasteiger partial charge on any atom is 0.0897 e. The molecule has 0 aromatic carbocycles. The van der Waals surface area contributed by atoms with Crippen molar-refractivity contribution in [3.05, 3.63) is 30.1 Å². The molecule has 1 aromatic rings. The van der Waals surface area contributed by atoms with Gasteiger partial charge < -0.3 is 15.2 Å². The molecule has 4 heteroatoms. The van der Waals surface area contributed by atoms with Crippen molar-refractivity contribution in [3.8, 4) is 0 Å². The fraction of sp³-hybridized carbons (Fsp3) is 0.643. The Kier molecular flexibility index (Phi) is 7.57. The Balaban J connectivity index is 2.16. The Bertz CT molecular complexity index is 306. The van der Waals surface area contributed by atoms with E-state index in [1.165, 1.54) is 5.56 Å². The summed E-state index contributed by atoms with van der Waals surface area (Å²) in [6, 6.07) is 4.15. The van der Waals surface area contributed by atoms with Gasteiger partial charge in [0.2, 0.25) is 0 Å². The highest BCUT2D eigenvalue weighted by molar-refractivity contribution is 5.13. The summed E-state index contributed by atoms with van der Waals surface area (Å²) in [5.74, 6) is 0. The van der Waals surface area contributed by atoms with Gasteiger partial charge in [-0.2, -0.15) is 0 Å². The van der Waals surface area contributed by atoms with Crippen LogP contribution in [-0.2, 0) is 4.74 Å². The number of hydrogen-bond donors (Lipinski definition) is 2. The first-order chi connectivity index (χ1) is 8.74. The van der Waals surface area contributed by atoms with E-state index < -0.39 is 6.10 Å². The summed E-state index contributed by atoms with van der Waals surface area (Å²) >= 11 is 0. The molecule has 0 amide bonds. The molecule has 1 unspecified atom stereocenters. The second kappa shape index (κ2) is 9.03. The van der Waals surface area contributed by atoms with Crippen LogP contribution in [0, 0.1) is 0 Å². The second-order valence-corrected chi connectivity index (χ2v) is 4.49. The van der Waals surface area contributed by atoms with Crippen LogP contribution in [0.2, 0.25) is 0 Å². The number of aliphatic hydroxyl groups excluding tert-OH is 1. The number of nitrogens with zero attached hydrogens (tertiary/aromatic N) is 1. The van der Waals surface area contributed by atoms with Gasteiger partial charge in [-0.25, -0.2) is 0 Å². The van der Waals surface area contributed by atoms with Gasteiger partial charge >= 0.3 is 0 Å². The minimum absolute atomic E-state index is 0.207. The Morgan fingerprint density at radius 3 is 2.78 bits per heavy atom. The van der Waals surface area contributed by atoms with E-state index in [0.717, 1.165) is 19.4 Å². The van der Waals surface area contributed by atoms with Crippen molar-refractivity contribution in [2.75, 3.05) is 19.8 Å². The Hall–Kier alpha value is -0.970. The van der Waals surface area contributed by atoms with Gasteiger partial charge in [0, 0.05) is 31.6 Å². The number of unbranched alkanes of at least 4 members (excludes halogenated alkanes) is 1. The third-order valence-corrected chi connectivity index (χ3v) is 2.82. The zero-order valence-electron chi connectivity index (χ0n) is 11.3. The normalized spacial score (nSPS) is 14.4. The first kappa shape index (κ1) is 15.1. The predicted molar refractivity (Wildman–Crippen MR) is 72.4 cm³/mol. The summed E-state index contributed by atoms with van der Waals surface area (Å²) in [6.45, 7) is 5.86. The van der Waals surface area contributed by atoms with E-state index in [9.17, 15) is 5.11 Å². The third kappa shape index (κ3) is 6.10. The maximum atomic E-state index is 9.74. The van der Waals surface area contributed by atoms with E-state index in [-0.39, 0.29) is 6.04 Å². The number of rotatable bonds is 9. The molecular formula is C14H24N2O2. The largest absolute Gasteiger partial charge is 0.389 e. The quantitative estimate of drug-likeness (QED) is 0.659. The maximum absolute atomic E-state index is 9.74. The smallest absolute Gasteiger partial charge is 0.0897 e. The lowest BCUT2D eigenvalue weighted by molar-refractivity contribution is 0.0348. The molecule has 0 bridgehead atoms. The standard InChI is InChI=1S/C14H24N2O2/c1-3-4-9-18-11-14(17)10-16-12(2)13-5-7-15-8-6-13/h5-8,12,14,16-17H,3-4,9-11H2,1-2H3/t12-,14?/m1/s1. The van der Waals surface area contributed by atoms with Crippen LogP contribution >= 0.6 is 0 Å². The Morgan fingerprint density at radius 1 is 1.39 bits per heavy atom. The molecule has 0 spiro atoms. The van der Waals surface area contributed by atoms with Crippen LogP contribution in [0.3, 0.4) is 0 Å². The predicted octanol–water partition coefficient (Wildman–Crippen LogP) is 1.91. The summed E-state index contributed by atoms with van der Waals surface area (Å²) in [4.78, 5) is 3.98. The van der Waals surface area contributed by atoms with Crippen LogP contribution in [0.15, 0.2) is 24.5 Å². The molecule has 0 saturated heterocycles. The van der Waals surface area contributed by atoms with Crippen LogP contribution in [0.1, 0.15) is 38.3 Å². The van der Waals surface area contributed by atoms with E-state index in [2.05, 4.69) is 24.1 Å². The number of pyridine rings is 1. The lowest BCUT2D eigenvalue weighted by Gasteiger charge is -2.17. The van der Waals surface area contributed by atoms with Crippen molar-refractivity contribution in [1.82, 2.24) is 10.3 Å². The number of aromatic nitrogens is 1. The van der Waals surface area contributed by atoms with Gasteiger partial charge in [-0.05, 0) is 31.0 Å². The SMILES string of the molecule is CCCCOCC(O)CN[C@H](C)c1ccncc1. The third-order valence-electron chi connectivity index (χ3n) is 2.82. The average molecular weight is 252 g/mol. The van der Waals surface area contributed by atoms with Gasteiger partial charge in [-0.15, -0.1) is 0 Å². The molecule has 2 N–H and O–H groups in total. The van der Waals surface area contributed by atoms with Gasteiger partial charge in [0.1, 0.15) is 0 Å². The number of ether oxygens (including phenoxy) is 1. The highest BCUT2D eigenvalue weighted by Gasteiger charge is 2.08. The molecule has 0 aliphatic heterocycles. The minimum Gasteiger partial charge on any atom is -0.389 e. The average Bonchev–Trinajstić information content (AvgIpc) is 2.42. The second-order valence-electron chi connectivity index (χ2n) is 4.49. The molecule has 0 radical (unpaired) electrons. The van der Waals surface area contributed by atoms with Gasteiger partial charge in [0.05, 0.1) is 12.7 Å². The molecule has 4 nitrogen and oxygen atoms in total. The van der Waals surface area contributed by atoms with Crippen molar-refractivity contribution < 1.29 is 9.84 Å². The summed E-state index contributed by atoms with van der Waals surface area (Å²) in [7, 11) is 0. The van der Waals surface area contributed by atoms with E-state index in [4.69, 9.17) is 4.74 Å². The zero-order chi connectivity index (χ0) is 13.2. The van der Waals surface area contributed by atoms with Crippen molar-refractivity contribution in [2.24, 2.45) is 0 Å². The Morgan fingerprint density at radius 2 is 2.11 bits per heavy atom. The van der Waals surface area contributed by atoms with E-state index in [0.29, 0.717) is 13.2 Å². The molecule has 1 aromatic heterocycles. The van der Waals surface area contributed by atoms with Gasteiger partial charge in [-0.1, -0.05) is 13.3 Å². The number of hydrogen-bond acceptors (Lipinski definition) is 4. The molecule has 0 fully saturated rings. The van der Waals surface area contributed by atoms with Gasteiger partial charge in [-0.3, -0.25) is 4.98 Å². The lowest BCUT2D eigenvalue weighted by atomic mass is 10.1. The molecule has 18 heavy (non-hydrogen) atoms. The van der Waals surface area contributed by atoms with E-state index >= 15 is 0 Å². The van der Waals surface area contributed by atoms with Crippen molar-refractivity contribution in [1.29, 1.82) is 0 Å².